The molecule has 9 heteroatoms. The minimum Gasteiger partial charge on any atom is -0.335 e. The first kappa shape index (κ1) is 17.4. The second-order valence-electron chi connectivity index (χ2n) is 7.35. The van der Waals surface area contributed by atoms with E-state index in [0.29, 0.717) is 18.8 Å². The van der Waals surface area contributed by atoms with Gasteiger partial charge in [0.2, 0.25) is 11.8 Å². The van der Waals surface area contributed by atoms with Crippen molar-refractivity contribution in [1.82, 2.24) is 19.4 Å². The number of hydrogen-bond acceptors (Lipinski definition) is 5. The van der Waals surface area contributed by atoms with Gasteiger partial charge in [-0.2, -0.15) is 0 Å². The molecule has 2 aliphatic heterocycles. The molecule has 1 aromatic carbocycles. The summed E-state index contributed by atoms with van der Waals surface area (Å²) in [5, 5.41) is 12.0. The van der Waals surface area contributed by atoms with E-state index in [1.54, 1.807) is 18.0 Å². The first-order valence-electron chi connectivity index (χ1n) is 9.22. The van der Waals surface area contributed by atoms with Crippen molar-refractivity contribution in [3.8, 4) is 5.82 Å². The lowest BCUT2D eigenvalue weighted by atomic mass is 9.94. The van der Waals surface area contributed by atoms with Gasteiger partial charge in [-0.15, -0.1) is 0 Å². The number of hydrogen-bond donors (Lipinski definition) is 0. The number of nitro groups is 1. The molecule has 9 nitrogen and oxygen atoms in total. The Balaban J connectivity index is 1.70. The number of amides is 2. The molecule has 3 aromatic rings. The number of para-hydroxylation sites is 1. The monoisotopic (exact) mass is 391 g/mol. The largest absolute Gasteiger partial charge is 0.335 e. The summed E-state index contributed by atoms with van der Waals surface area (Å²) in [6.07, 6.45) is 1.66. The summed E-state index contributed by atoms with van der Waals surface area (Å²) in [5.41, 5.74) is 2.71. The number of fused-ring (bicyclic) bond motifs is 4. The number of nitrogens with zero attached hydrogens (tertiary/aromatic N) is 5. The van der Waals surface area contributed by atoms with Crippen LogP contribution in [0.1, 0.15) is 11.3 Å². The van der Waals surface area contributed by atoms with E-state index < -0.39 is 11.0 Å². The van der Waals surface area contributed by atoms with Gasteiger partial charge in [0.15, 0.2) is 0 Å². The van der Waals surface area contributed by atoms with Gasteiger partial charge in [-0.25, -0.2) is 4.98 Å². The standard InChI is InChI=1S/C20H17N5O4/c1-22-11-19(26)23-10-17-14(8-16(23)20(22)27)13-4-2-3-5-15(13)24(17)18-7-6-12(9-21-18)25(28)29/h2-7,9,16H,8,10-11H2,1H3. The van der Waals surface area contributed by atoms with Gasteiger partial charge in [-0.05, 0) is 17.7 Å². The van der Waals surface area contributed by atoms with Crippen molar-refractivity contribution >= 4 is 28.4 Å². The molecular formula is C20H17N5O4. The Hall–Kier alpha value is -3.75. The number of likely N-dealkylation sites (N-methyl/N-ethyl adjacent to an activating group) is 1. The van der Waals surface area contributed by atoms with Crippen LogP contribution in [0.2, 0.25) is 0 Å². The van der Waals surface area contributed by atoms with Gasteiger partial charge >= 0.3 is 0 Å². The normalized spacial score (nSPS) is 18.7. The molecule has 0 aliphatic carbocycles. The third-order valence-electron chi connectivity index (χ3n) is 5.71. The summed E-state index contributed by atoms with van der Waals surface area (Å²) in [6.45, 7) is 0.367. The van der Waals surface area contributed by atoms with E-state index >= 15 is 0 Å². The highest BCUT2D eigenvalue weighted by Gasteiger charge is 2.42. The van der Waals surface area contributed by atoms with Crippen LogP contribution in [0.3, 0.4) is 0 Å². The molecule has 1 fully saturated rings. The maximum atomic E-state index is 12.7. The molecule has 2 aliphatic rings. The van der Waals surface area contributed by atoms with E-state index in [9.17, 15) is 19.7 Å². The number of aromatic nitrogens is 2. The minimum absolute atomic E-state index is 0.0551. The molecule has 0 bridgehead atoms. The maximum absolute atomic E-state index is 12.7. The Morgan fingerprint density at radius 1 is 1.14 bits per heavy atom. The molecule has 5 rings (SSSR count). The van der Waals surface area contributed by atoms with Crippen molar-refractivity contribution in [3.63, 3.8) is 0 Å². The lowest BCUT2D eigenvalue weighted by Crippen LogP contribution is -2.60. The van der Waals surface area contributed by atoms with E-state index in [1.807, 2.05) is 28.8 Å². The van der Waals surface area contributed by atoms with Crippen molar-refractivity contribution in [1.29, 1.82) is 0 Å². The Morgan fingerprint density at radius 2 is 1.93 bits per heavy atom. The van der Waals surface area contributed by atoms with Crippen LogP contribution in [-0.2, 0) is 22.6 Å². The third kappa shape index (κ3) is 2.50. The van der Waals surface area contributed by atoms with Crippen LogP contribution in [0.25, 0.3) is 16.7 Å². The molecule has 1 unspecified atom stereocenters. The lowest BCUT2D eigenvalue weighted by molar-refractivity contribution is -0.385. The zero-order valence-electron chi connectivity index (χ0n) is 15.6. The molecule has 2 aromatic heterocycles. The molecule has 146 valence electrons. The van der Waals surface area contributed by atoms with Gasteiger partial charge < -0.3 is 9.80 Å². The Morgan fingerprint density at radius 3 is 2.66 bits per heavy atom. The highest BCUT2D eigenvalue weighted by molar-refractivity contribution is 5.97. The molecule has 29 heavy (non-hydrogen) atoms. The number of benzene rings is 1. The fourth-order valence-electron chi connectivity index (χ4n) is 4.32. The summed E-state index contributed by atoms with van der Waals surface area (Å²) >= 11 is 0. The van der Waals surface area contributed by atoms with Gasteiger partial charge in [0, 0.05) is 30.6 Å². The lowest BCUT2D eigenvalue weighted by Gasteiger charge is -2.41. The van der Waals surface area contributed by atoms with Crippen molar-refractivity contribution < 1.29 is 14.5 Å². The average Bonchev–Trinajstić information content (AvgIpc) is 3.05. The Kier molecular flexibility index (Phi) is 3.67. The second kappa shape index (κ2) is 6.13. The smallest absolute Gasteiger partial charge is 0.287 e. The van der Waals surface area contributed by atoms with Crippen LogP contribution in [-0.4, -0.2) is 55.7 Å². The zero-order chi connectivity index (χ0) is 20.3. The van der Waals surface area contributed by atoms with Crippen LogP contribution in [0.5, 0.6) is 0 Å². The van der Waals surface area contributed by atoms with Gasteiger partial charge in [0.05, 0.1) is 23.5 Å². The number of pyridine rings is 1. The Bertz CT molecular complexity index is 1180. The quantitative estimate of drug-likeness (QED) is 0.488. The van der Waals surface area contributed by atoms with Crippen molar-refractivity contribution in [2.75, 3.05) is 13.6 Å². The van der Waals surface area contributed by atoms with Gasteiger partial charge in [0.1, 0.15) is 18.1 Å². The number of rotatable bonds is 2. The molecular weight excluding hydrogens is 374 g/mol. The fraction of sp³-hybridized carbons (Fsp3) is 0.250. The molecule has 2 amide bonds. The molecule has 1 saturated heterocycles. The van der Waals surface area contributed by atoms with Crippen LogP contribution in [0, 0.1) is 10.1 Å². The minimum atomic E-state index is -0.502. The highest BCUT2D eigenvalue weighted by atomic mass is 16.6. The average molecular weight is 391 g/mol. The summed E-state index contributed by atoms with van der Waals surface area (Å²) < 4.78 is 1.93. The van der Waals surface area contributed by atoms with Crippen molar-refractivity contribution in [2.45, 2.75) is 19.0 Å². The summed E-state index contributed by atoms with van der Waals surface area (Å²) in [7, 11) is 1.65. The van der Waals surface area contributed by atoms with Crippen molar-refractivity contribution in [2.24, 2.45) is 0 Å². The van der Waals surface area contributed by atoms with E-state index in [1.165, 1.54) is 17.2 Å². The van der Waals surface area contributed by atoms with E-state index in [-0.39, 0.29) is 24.0 Å². The summed E-state index contributed by atoms with van der Waals surface area (Å²) in [4.78, 5) is 43.2. The summed E-state index contributed by atoms with van der Waals surface area (Å²) in [6, 6.07) is 10.3. The number of carbonyl (C=O) groups is 2. The van der Waals surface area contributed by atoms with Crippen molar-refractivity contribution in [3.05, 3.63) is 64.0 Å². The molecule has 0 radical (unpaired) electrons. The van der Waals surface area contributed by atoms with E-state index in [0.717, 1.165) is 22.2 Å². The molecule has 0 spiro atoms. The second-order valence-corrected chi connectivity index (χ2v) is 7.35. The molecule has 4 heterocycles. The highest BCUT2D eigenvalue weighted by Crippen LogP contribution is 2.36. The van der Waals surface area contributed by atoms with E-state index in [4.69, 9.17) is 0 Å². The molecule has 0 N–H and O–H groups in total. The van der Waals surface area contributed by atoms with Gasteiger partial charge in [0.25, 0.3) is 5.69 Å². The number of carbonyl (C=O) groups excluding carboxylic acids is 2. The van der Waals surface area contributed by atoms with Gasteiger partial charge in [-0.3, -0.25) is 24.3 Å². The third-order valence-corrected chi connectivity index (χ3v) is 5.71. The first-order chi connectivity index (χ1) is 14.0. The predicted octanol–water partition coefficient (Wildman–Crippen LogP) is 1.66. The van der Waals surface area contributed by atoms with Crippen LogP contribution < -0.4 is 0 Å². The predicted molar refractivity (Wildman–Crippen MR) is 103 cm³/mol. The van der Waals surface area contributed by atoms with Gasteiger partial charge in [-0.1, -0.05) is 18.2 Å². The van der Waals surface area contributed by atoms with Crippen LogP contribution in [0.4, 0.5) is 5.69 Å². The fourth-order valence-corrected chi connectivity index (χ4v) is 4.32. The summed E-state index contributed by atoms with van der Waals surface area (Å²) in [5.74, 6) is 0.399. The Labute approximate surface area is 165 Å². The number of piperazine rings is 1. The van der Waals surface area contributed by atoms with Crippen LogP contribution in [0.15, 0.2) is 42.6 Å². The topological polar surface area (TPSA) is 102 Å². The SMILES string of the molecule is CN1CC(=O)N2Cc3c(c4ccccc4n3-c3ccc([N+](=O)[O-])cn3)CC2C1=O. The maximum Gasteiger partial charge on any atom is 0.287 e. The van der Waals surface area contributed by atoms with Crippen LogP contribution >= 0.6 is 0 Å². The molecule has 1 atom stereocenters. The zero-order valence-corrected chi connectivity index (χ0v) is 15.6. The first-order valence-corrected chi connectivity index (χ1v) is 9.22. The van der Waals surface area contributed by atoms with E-state index in [2.05, 4.69) is 4.98 Å². The molecule has 0 saturated carbocycles.